The molecular formula is C31H25NO2Se. The molecule has 4 heteroatoms. The number of hydrogen-bond acceptors (Lipinski definition) is 3. The van der Waals surface area contributed by atoms with E-state index < -0.39 is 0 Å². The number of hydrogen-bond donors (Lipinski definition) is 0. The van der Waals surface area contributed by atoms with Gasteiger partial charge in [0.1, 0.15) is 0 Å². The number of Topliss-reactive ketones (excluding diaryl/α,β-unsaturated/α-hetero) is 2. The molecular weight excluding hydrogens is 497 g/mol. The van der Waals surface area contributed by atoms with Crippen LogP contribution in [-0.4, -0.2) is 26.1 Å². The van der Waals surface area contributed by atoms with Crippen molar-refractivity contribution in [1.29, 1.82) is 0 Å². The topological polar surface area (TPSA) is 37.4 Å². The Kier molecular flexibility index (Phi) is 4.90. The van der Waals surface area contributed by atoms with Crippen molar-refractivity contribution in [2.75, 3.05) is 4.90 Å². The summed E-state index contributed by atoms with van der Waals surface area (Å²) in [5, 5.41) is 0. The van der Waals surface area contributed by atoms with Gasteiger partial charge >= 0.3 is 156 Å². The van der Waals surface area contributed by atoms with Gasteiger partial charge in [-0.1, -0.05) is 50.2 Å². The number of para-hydroxylation sites is 2. The van der Waals surface area contributed by atoms with E-state index in [0.29, 0.717) is 11.1 Å². The predicted octanol–water partition coefficient (Wildman–Crippen LogP) is 6.93. The molecule has 172 valence electrons. The summed E-state index contributed by atoms with van der Waals surface area (Å²) >= 11 is 0.116. The molecule has 0 bridgehead atoms. The fourth-order valence-corrected chi connectivity index (χ4v) is 7.17. The quantitative estimate of drug-likeness (QED) is 0.163. The van der Waals surface area contributed by atoms with Crippen molar-refractivity contribution in [3.8, 4) is 0 Å². The van der Waals surface area contributed by atoms with Crippen LogP contribution in [0.1, 0.15) is 62.4 Å². The second-order valence-electron chi connectivity index (χ2n) is 9.91. The molecule has 3 aromatic carbocycles. The third-order valence-corrected chi connectivity index (χ3v) is 8.96. The van der Waals surface area contributed by atoms with Gasteiger partial charge in [-0.2, -0.15) is 0 Å². The number of allylic oxidation sites excluding steroid dienone is 1. The molecule has 0 saturated heterocycles. The third-order valence-electron chi connectivity index (χ3n) is 7.40. The number of fused-ring (bicyclic) bond motifs is 3. The van der Waals surface area contributed by atoms with Gasteiger partial charge in [0.15, 0.2) is 0 Å². The van der Waals surface area contributed by atoms with E-state index in [2.05, 4.69) is 86.3 Å². The SMILES string of the molecule is Cc1cc(N2c3ccccc3C(C)(C)c3ccccc32)c(C)cc1C=C1C(=O)c2c[se]cc2C1=O. The molecule has 0 amide bonds. The first-order valence-electron chi connectivity index (χ1n) is 11.8. The fourth-order valence-electron chi connectivity index (χ4n) is 5.48. The molecule has 35 heavy (non-hydrogen) atoms. The molecule has 2 aliphatic rings. The van der Waals surface area contributed by atoms with Gasteiger partial charge in [-0.05, 0) is 0 Å². The van der Waals surface area contributed by atoms with Crippen molar-refractivity contribution in [3.63, 3.8) is 0 Å². The van der Waals surface area contributed by atoms with Gasteiger partial charge in [-0.25, -0.2) is 0 Å². The number of rotatable bonds is 2. The Morgan fingerprint density at radius 1 is 0.743 bits per heavy atom. The minimum absolute atomic E-state index is 0.108. The predicted molar refractivity (Wildman–Crippen MR) is 143 cm³/mol. The molecule has 2 heterocycles. The van der Waals surface area contributed by atoms with Crippen LogP contribution in [-0.2, 0) is 5.41 Å². The molecule has 0 saturated carbocycles. The number of ketones is 2. The first kappa shape index (κ1) is 22.0. The van der Waals surface area contributed by atoms with Crippen molar-refractivity contribution in [1.82, 2.24) is 0 Å². The normalized spacial score (nSPS) is 15.7. The number of anilines is 3. The summed E-state index contributed by atoms with van der Waals surface area (Å²) < 4.78 is 0. The summed E-state index contributed by atoms with van der Waals surface area (Å²) in [5.74, 6) is -0.272. The van der Waals surface area contributed by atoms with Crippen LogP contribution in [0.3, 0.4) is 0 Å². The van der Waals surface area contributed by atoms with Crippen LogP contribution in [0.2, 0.25) is 0 Å². The molecule has 0 radical (unpaired) electrons. The van der Waals surface area contributed by atoms with Crippen molar-refractivity contribution in [2.24, 2.45) is 0 Å². The average molecular weight is 523 g/mol. The molecule has 3 nitrogen and oxygen atoms in total. The summed E-state index contributed by atoms with van der Waals surface area (Å²) in [5.41, 5.74) is 10.4. The average Bonchev–Trinajstić information content (AvgIpc) is 3.42. The van der Waals surface area contributed by atoms with Crippen LogP contribution in [0, 0.1) is 13.8 Å². The van der Waals surface area contributed by atoms with Gasteiger partial charge in [0.05, 0.1) is 0 Å². The second-order valence-corrected chi connectivity index (χ2v) is 11.5. The summed E-state index contributed by atoms with van der Waals surface area (Å²) in [7, 11) is 0. The van der Waals surface area contributed by atoms with E-state index in [1.54, 1.807) is 6.08 Å². The van der Waals surface area contributed by atoms with Crippen molar-refractivity contribution < 1.29 is 9.59 Å². The van der Waals surface area contributed by atoms with E-state index in [-0.39, 0.29) is 37.1 Å². The molecule has 0 atom stereocenters. The zero-order chi connectivity index (χ0) is 24.5. The van der Waals surface area contributed by atoms with Crippen LogP contribution in [0.4, 0.5) is 17.1 Å². The van der Waals surface area contributed by atoms with Gasteiger partial charge in [-0.3, -0.25) is 0 Å². The second kappa shape index (κ2) is 7.78. The van der Waals surface area contributed by atoms with Gasteiger partial charge in [0.25, 0.3) is 0 Å². The van der Waals surface area contributed by atoms with Crippen molar-refractivity contribution in [2.45, 2.75) is 33.1 Å². The van der Waals surface area contributed by atoms with Crippen LogP contribution in [0.15, 0.2) is 76.1 Å². The van der Waals surface area contributed by atoms with E-state index in [0.717, 1.165) is 22.4 Å². The first-order chi connectivity index (χ1) is 16.8. The van der Waals surface area contributed by atoms with Crippen LogP contribution >= 0.6 is 0 Å². The van der Waals surface area contributed by atoms with Gasteiger partial charge in [0.2, 0.25) is 0 Å². The van der Waals surface area contributed by atoms with Crippen LogP contribution in [0.5, 0.6) is 0 Å². The Morgan fingerprint density at radius 3 is 1.86 bits per heavy atom. The molecule has 0 unspecified atom stereocenters. The summed E-state index contributed by atoms with van der Waals surface area (Å²) in [6, 6.07) is 21.5. The Balaban J connectivity index is 1.50. The number of benzene rings is 3. The Bertz CT molecular complexity index is 1510. The first-order valence-corrected chi connectivity index (χ1v) is 13.7. The summed E-state index contributed by atoms with van der Waals surface area (Å²) in [6.45, 7) is 8.72. The van der Waals surface area contributed by atoms with Crippen molar-refractivity contribution >= 4 is 49.2 Å². The molecule has 4 aromatic rings. The fraction of sp³-hybridized carbons (Fsp3) is 0.161. The molecule has 6 rings (SSSR count). The van der Waals surface area contributed by atoms with Gasteiger partial charge < -0.3 is 0 Å². The van der Waals surface area contributed by atoms with E-state index in [9.17, 15) is 9.59 Å². The van der Waals surface area contributed by atoms with Crippen LogP contribution in [0.25, 0.3) is 6.08 Å². The van der Waals surface area contributed by atoms with E-state index in [4.69, 9.17) is 0 Å². The van der Waals surface area contributed by atoms with E-state index >= 15 is 0 Å². The Hall–Kier alpha value is -3.46. The summed E-state index contributed by atoms with van der Waals surface area (Å²) in [6.07, 6.45) is 1.78. The van der Waals surface area contributed by atoms with E-state index in [1.807, 2.05) is 16.8 Å². The number of nitrogens with zero attached hydrogens (tertiary/aromatic N) is 1. The maximum absolute atomic E-state index is 12.9. The Morgan fingerprint density at radius 2 is 1.29 bits per heavy atom. The van der Waals surface area contributed by atoms with Crippen molar-refractivity contribution in [3.05, 3.63) is 115 Å². The zero-order valence-electron chi connectivity index (χ0n) is 20.2. The minimum atomic E-state index is -0.136. The third kappa shape index (κ3) is 3.17. The van der Waals surface area contributed by atoms with Gasteiger partial charge in [-0.15, -0.1) is 0 Å². The molecule has 1 aliphatic carbocycles. The molecule has 0 fully saturated rings. The Labute approximate surface area is 211 Å². The van der Waals surface area contributed by atoms with Gasteiger partial charge in [0, 0.05) is 5.41 Å². The molecule has 0 spiro atoms. The summed E-state index contributed by atoms with van der Waals surface area (Å²) in [4.78, 5) is 31.9. The standard InChI is InChI=1S/C31H25NO2Se/c1-18-14-28(19(2)13-20(18)15-21-29(33)22-16-35-17-23(22)30(21)34)32-26-11-7-5-9-24(26)31(3,4)25-10-6-8-12-27(25)32/h5-17H,1-4H3. The number of carbonyl (C=O) groups is 2. The molecule has 0 N–H and O–H groups in total. The monoisotopic (exact) mass is 523 g/mol. The van der Waals surface area contributed by atoms with E-state index in [1.165, 1.54) is 22.5 Å². The maximum atomic E-state index is 12.9. The number of aryl methyl sites for hydroxylation is 2. The zero-order valence-corrected chi connectivity index (χ0v) is 21.9. The number of carbonyl (C=O) groups excluding carboxylic acids is 2. The van der Waals surface area contributed by atoms with Crippen LogP contribution < -0.4 is 4.90 Å². The molecule has 1 aromatic heterocycles. The molecule has 1 aliphatic heterocycles.